The largest absolute Gasteiger partial charge is 0.461 e. The zero-order chi connectivity index (χ0) is 13.6. The van der Waals surface area contributed by atoms with Crippen molar-refractivity contribution in [3.05, 3.63) is 11.6 Å². The Kier molecular flexibility index (Phi) is 3.33. The van der Waals surface area contributed by atoms with Crippen molar-refractivity contribution >= 4 is 5.97 Å². The molecule has 2 heteroatoms. The minimum atomic E-state index is -0.133. The van der Waals surface area contributed by atoms with Crippen LogP contribution in [-0.4, -0.2) is 12.1 Å². The van der Waals surface area contributed by atoms with E-state index in [9.17, 15) is 4.79 Å². The maximum Gasteiger partial charge on any atom is 0.302 e. The third kappa shape index (κ3) is 2.10. The standard InChI is InChI=1S/C16H26O2/c1-11-9-12(2)16(10-11)8-6-7-15(4,5)14(16)18-13(3)17/h9,12,14H,6-8,10H2,1-5H3. The number of ether oxygens (including phenoxy) is 1. The van der Waals surface area contributed by atoms with Gasteiger partial charge in [-0.25, -0.2) is 0 Å². The van der Waals surface area contributed by atoms with Gasteiger partial charge in [-0.3, -0.25) is 4.79 Å². The highest BCUT2D eigenvalue weighted by molar-refractivity contribution is 5.66. The molecule has 0 radical (unpaired) electrons. The van der Waals surface area contributed by atoms with Gasteiger partial charge in [0, 0.05) is 17.8 Å². The average molecular weight is 250 g/mol. The quantitative estimate of drug-likeness (QED) is 0.517. The first-order valence-corrected chi connectivity index (χ1v) is 7.12. The normalized spacial score (nSPS) is 38.6. The van der Waals surface area contributed by atoms with Crippen molar-refractivity contribution in [2.75, 3.05) is 0 Å². The van der Waals surface area contributed by atoms with Crippen LogP contribution in [0.4, 0.5) is 0 Å². The van der Waals surface area contributed by atoms with Gasteiger partial charge in [0.2, 0.25) is 0 Å². The first kappa shape index (κ1) is 13.6. The molecule has 1 saturated carbocycles. The maximum atomic E-state index is 11.5. The van der Waals surface area contributed by atoms with Crippen LogP contribution in [0.5, 0.6) is 0 Å². The van der Waals surface area contributed by atoms with E-state index < -0.39 is 0 Å². The third-order valence-corrected chi connectivity index (χ3v) is 5.03. The van der Waals surface area contributed by atoms with Crippen molar-refractivity contribution in [1.82, 2.24) is 0 Å². The SMILES string of the molecule is CC(=O)OC1C(C)(C)CCCC12CC(C)=CC2C. The lowest BCUT2D eigenvalue weighted by atomic mass is 9.57. The second-order valence-electron chi connectivity index (χ2n) is 7.04. The fraction of sp³-hybridized carbons (Fsp3) is 0.812. The molecule has 18 heavy (non-hydrogen) atoms. The second-order valence-corrected chi connectivity index (χ2v) is 7.04. The van der Waals surface area contributed by atoms with Crippen molar-refractivity contribution in [1.29, 1.82) is 0 Å². The molecule has 0 amide bonds. The molecule has 1 spiro atoms. The summed E-state index contributed by atoms with van der Waals surface area (Å²) < 4.78 is 5.79. The fourth-order valence-corrected chi connectivity index (χ4v) is 4.34. The zero-order valence-electron chi connectivity index (χ0n) is 12.4. The number of hydrogen-bond donors (Lipinski definition) is 0. The summed E-state index contributed by atoms with van der Waals surface area (Å²) in [4.78, 5) is 11.5. The molecular weight excluding hydrogens is 224 g/mol. The van der Waals surface area contributed by atoms with Crippen molar-refractivity contribution in [3.63, 3.8) is 0 Å². The van der Waals surface area contributed by atoms with Gasteiger partial charge in [0.05, 0.1) is 0 Å². The predicted octanol–water partition coefficient (Wildman–Crippen LogP) is 4.10. The van der Waals surface area contributed by atoms with Gasteiger partial charge in [-0.05, 0) is 32.1 Å². The Balaban J connectivity index is 2.35. The van der Waals surface area contributed by atoms with E-state index in [-0.39, 0.29) is 22.9 Å². The first-order chi connectivity index (χ1) is 8.28. The highest BCUT2D eigenvalue weighted by Gasteiger charge is 2.55. The molecular formula is C16H26O2. The molecule has 2 rings (SSSR count). The topological polar surface area (TPSA) is 26.3 Å². The summed E-state index contributed by atoms with van der Waals surface area (Å²) in [7, 11) is 0. The lowest BCUT2D eigenvalue weighted by molar-refractivity contribution is -0.176. The minimum absolute atomic E-state index is 0.0555. The first-order valence-electron chi connectivity index (χ1n) is 7.12. The molecule has 0 heterocycles. The monoisotopic (exact) mass is 250 g/mol. The Morgan fingerprint density at radius 1 is 1.39 bits per heavy atom. The fourth-order valence-electron chi connectivity index (χ4n) is 4.34. The number of esters is 1. The lowest BCUT2D eigenvalue weighted by Crippen LogP contribution is -2.52. The van der Waals surface area contributed by atoms with Crippen molar-refractivity contribution < 1.29 is 9.53 Å². The number of carbonyl (C=O) groups excluding carboxylic acids is 1. The molecule has 0 saturated heterocycles. The van der Waals surface area contributed by atoms with E-state index in [4.69, 9.17) is 4.74 Å². The number of rotatable bonds is 1. The molecule has 0 aromatic heterocycles. The lowest BCUT2D eigenvalue weighted by Gasteiger charge is -2.52. The van der Waals surface area contributed by atoms with Gasteiger partial charge in [-0.2, -0.15) is 0 Å². The van der Waals surface area contributed by atoms with E-state index in [1.54, 1.807) is 0 Å². The molecule has 0 N–H and O–H groups in total. The summed E-state index contributed by atoms with van der Waals surface area (Å²) >= 11 is 0. The third-order valence-electron chi connectivity index (χ3n) is 5.03. The van der Waals surface area contributed by atoms with Crippen LogP contribution in [0.15, 0.2) is 11.6 Å². The van der Waals surface area contributed by atoms with E-state index in [0.717, 1.165) is 12.8 Å². The molecule has 0 aliphatic heterocycles. The summed E-state index contributed by atoms with van der Waals surface area (Å²) in [5.41, 5.74) is 1.70. The van der Waals surface area contributed by atoms with Crippen molar-refractivity contribution in [2.24, 2.45) is 16.7 Å². The summed E-state index contributed by atoms with van der Waals surface area (Å²) in [6.07, 6.45) is 7.10. The Bertz CT molecular complexity index is 381. The molecule has 0 aromatic carbocycles. The molecule has 0 aromatic rings. The van der Waals surface area contributed by atoms with Gasteiger partial charge < -0.3 is 4.74 Å². The Morgan fingerprint density at radius 2 is 2.06 bits per heavy atom. The van der Waals surface area contributed by atoms with E-state index in [1.165, 1.54) is 25.3 Å². The van der Waals surface area contributed by atoms with Gasteiger partial charge in [0.1, 0.15) is 6.10 Å². The van der Waals surface area contributed by atoms with E-state index >= 15 is 0 Å². The molecule has 2 aliphatic rings. The van der Waals surface area contributed by atoms with Gasteiger partial charge in [0.15, 0.2) is 0 Å². The van der Waals surface area contributed by atoms with Gasteiger partial charge in [-0.15, -0.1) is 0 Å². The average Bonchev–Trinajstić information content (AvgIpc) is 2.48. The van der Waals surface area contributed by atoms with Crippen LogP contribution in [0.2, 0.25) is 0 Å². The number of carbonyl (C=O) groups is 1. The molecule has 102 valence electrons. The van der Waals surface area contributed by atoms with Crippen LogP contribution in [-0.2, 0) is 9.53 Å². The van der Waals surface area contributed by atoms with Crippen LogP contribution in [0.3, 0.4) is 0 Å². The highest BCUT2D eigenvalue weighted by Crippen LogP contribution is 2.58. The highest BCUT2D eigenvalue weighted by atomic mass is 16.5. The van der Waals surface area contributed by atoms with Crippen LogP contribution >= 0.6 is 0 Å². The summed E-state index contributed by atoms with van der Waals surface area (Å²) in [6, 6.07) is 0. The Hall–Kier alpha value is -0.790. The second kappa shape index (κ2) is 4.40. The molecule has 2 aliphatic carbocycles. The number of allylic oxidation sites excluding steroid dienone is 2. The van der Waals surface area contributed by atoms with Crippen LogP contribution in [0, 0.1) is 16.7 Å². The maximum absolute atomic E-state index is 11.5. The van der Waals surface area contributed by atoms with Crippen LogP contribution in [0.1, 0.15) is 60.3 Å². The van der Waals surface area contributed by atoms with E-state index in [2.05, 4.69) is 33.8 Å². The summed E-state index contributed by atoms with van der Waals surface area (Å²) in [6.45, 7) is 10.5. The Morgan fingerprint density at radius 3 is 2.56 bits per heavy atom. The van der Waals surface area contributed by atoms with Crippen LogP contribution < -0.4 is 0 Å². The molecule has 3 atom stereocenters. The molecule has 1 fully saturated rings. The Labute approximate surface area is 111 Å². The zero-order valence-corrected chi connectivity index (χ0v) is 12.4. The van der Waals surface area contributed by atoms with E-state index in [1.807, 2.05) is 0 Å². The number of hydrogen-bond acceptors (Lipinski definition) is 2. The molecule has 2 nitrogen and oxygen atoms in total. The smallest absolute Gasteiger partial charge is 0.302 e. The molecule has 0 bridgehead atoms. The van der Waals surface area contributed by atoms with Crippen molar-refractivity contribution in [3.8, 4) is 0 Å². The van der Waals surface area contributed by atoms with Gasteiger partial charge in [-0.1, -0.05) is 38.8 Å². The van der Waals surface area contributed by atoms with Gasteiger partial charge >= 0.3 is 5.97 Å². The summed E-state index contributed by atoms with van der Waals surface area (Å²) in [5, 5.41) is 0. The minimum Gasteiger partial charge on any atom is -0.461 e. The molecule has 3 unspecified atom stereocenters. The summed E-state index contributed by atoms with van der Waals surface area (Å²) in [5.74, 6) is 0.382. The van der Waals surface area contributed by atoms with Crippen molar-refractivity contribution in [2.45, 2.75) is 66.4 Å². The predicted molar refractivity (Wildman–Crippen MR) is 73.2 cm³/mol. The van der Waals surface area contributed by atoms with Crippen LogP contribution in [0.25, 0.3) is 0 Å². The van der Waals surface area contributed by atoms with E-state index in [0.29, 0.717) is 5.92 Å². The van der Waals surface area contributed by atoms with Gasteiger partial charge in [0.25, 0.3) is 0 Å².